The van der Waals surface area contributed by atoms with Crippen LogP contribution in [0.3, 0.4) is 0 Å². The number of aliphatic hydroxyl groups excluding tert-OH is 2. The Balaban J connectivity index is 4.20. The molecule has 3 atom stereocenters. The number of aliphatic hydroxyl groups is 2. The summed E-state index contributed by atoms with van der Waals surface area (Å²) in [6, 6.07) is 0. The molecule has 3 unspecified atom stereocenters. The summed E-state index contributed by atoms with van der Waals surface area (Å²) in [4.78, 5) is 22.5. The molecule has 0 saturated carbocycles. The van der Waals surface area contributed by atoms with Crippen molar-refractivity contribution >= 4 is 13.8 Å². The predicted octanol–water partition coefficient (Wildman–Crippen LogP) is 12.9. The number of phosphoric acid groups is 1. The van der Waals surface area contributed by atoms with E-state index in [0.29, 0.717) is 13.0 Å². The molecule has 3 N–H and O–H groups in total. The van der Waals surface area contributed by atoms with Gasteiger partial charge in [0.25, 0.3) is 0 Å². The second-order valence-corrected chi connectivity index (χ2v) is 16.5. The molecular weight excluding hydrogens is 751 g/mol. The summed E-state index contributed by atoms with van der Waals surface area (Å²) in [5.74, 6) is -0.510. The zero-order valence-corrected chi connectivity index (χ0v) is 37.6. The lowest BCUT2D eigenvalue weighted by Gasteiger charge is -2.20. The second kappa shape index (κ2) is 44.5. The number of unbranched alkanes of at least 4 members (excludes halogenated alkanes) is 18. The highest BCUT2D eigenvalue weighted by Crippen LogP contribution is 2.43. The number of hydrogen-bond acceptors (Lipinski definition) is 8. The molecule has 0 bridgehead atoms. The Morgan fingerprint density at radius 1 is 0.552 bits per heavy atom. The Hall–Kier alpha value is -2.10. The molecule has 0 fully saturated rings. The maximum absolute atomic E-state index is 12.6. The number of rotatable bonds is 43. The average molecular weight is 837 g/mol. The van der Waals surface area contributed by atoms with Crippen molar-refractivity contribution in [3.05, 3.63) is 72.9 Å². The van der Waals surface area contributed by atoms with Gasteiger partial charge in [-0.05, 0) is 64.2 Å². The number of carbonyl (C=O) groups excluding carboxylic acids is 1. The van der Waals surface area contributed by atoms with Crippen LogP contribution in [0.15, 0.2) is 72.9 Å². The van der Waals surface area contributed by atoms with E-state index in [2.05, 4.69) is 68.5 Å². The molecule has 0 aromatic heterocycles. The molecule has 336 valence electrons. The minimum Gasteiger partial charge on any atom is -0.457 e. The van der Waals surface area contributed by atoms with E-state index in [1.807, 2.05) is 12.2 Å². The highest BCUT2D eigenvalue weighted by molar-refractivity contribution is 7.47. The fourth-order valence-electron chi connectivity index (χ4n) is 5.96. The Kier molecular flexibility index (Phi) is 42.8. The Labute approximate surface area is 354 Å². The monoisotopic (exact) mass is 837 g/mol. The highest BCUT2D eigenvalue weighted by Gasteiger charge is 2.26. The Morgan fingerprint density at radius 2 is 0.983 bits per heavy atom. The van der Waals surface area contributed by atoms with Crippen LogP contribution >= 0.6 is 7.82 Å². The molecule has 10 heteroatoms. The van der Waals surface area contributed by atoms with Crippen LogP contribution in [0.25, 0.3) is 0 Å². The van der Waals surface area contributed by atoms with Crippen LogP contribution in [0.2, 0.25) is 0 Å². The zero-order valence-electron chi connectivity index (χ0n) is 36.7. The number of phosphoric ester groups is 1. The third-order valence-electron chi connectivity index (χ3n) is 9.41. The van der Waals surface area contributed by atoms with Crippen molar-refractivity contribution in [3.63, 3.8) is 0 Å². The van der Waals surface area contributed by atoms with Crippen molar-refractivity contribution < 1.29 is 43.0 Å². The number of carbonyl (C=O) groups is 1. The summed E-state index contributed by atoms with van der Waals surface area (Å²) in [5, 5.41) is 18.4. The van der Waals surface area contributed by atoms with Gasteiger partial charge < -0.3 is 24.6 Å². The molecule has 0 aliphatic heterocycles. The van der Waals surface area contributed by atoms with E-state index in [1.165, 1.54) is 109 Å². The molecule has 9 nitrogen and oxygen atoms in total. The van der Waals surface area contributed by atoms with Crippen molar-refractivity contribution in [3.8, 4) is 0 Å². The molecule has 0 aromatic carbocycles. The summed E-state index contributed by atoms with van der Waals surface area (Å²) in [6.07, 6.45) is 53.3. The zero-order chi connectivity index (χ0) is 42.5. The first-order valence-electron chi connectivity index (χ1n) is 22.9. The van der Waals surface area contributed by atoms with Crippen molar-refractivity contribution in [1.82, 2.24) is 0 Å². The SMILES string of the molecule is CC/C=C\C/C=C\C/C=C\C/C=C\C/C=C\CC(=O)OC(COCCCCCCCCCCCC/C=C\CCCCCCCCCC)COP(=O)(O)OCC(O)CO. The predicted molar refractivity (Wildman–Crippen MR) is 242 cm³/mol. The lowest BCUT2D eigenvalue weighted by atomic mass is 10.1. The molecule has 0 saturated heterocycles. The van der Waals surface area contributed by atoms with Crippen LogP contribution in [0.4, 0.5) is 0 Å². The van der Waals surface area contributed by atoms with E-state index >= 15 is 0 Å². The highest BCUT2D eigenvalue weighted by atomic mass is 31.2. The van der Waals surface area contributed by atoms with E-state index in [9.17, 15) is 19.4 Å². The minimum absolute atomic E-state index is 0.00567. The van der Waals surface area contributed by atoms with Crippen LogP contribution in [-0.4, -0.2) is 66.3 Å². The van der Waals surface area contributed by atoms with Gasteiger partial charge in [0, 0.05) is 6.61 Å². The van der Waals surface area contributed by atoms with Gasteiger partial charge in [-0.25, -0.2) is 4.57 Å². The number of hydrogen-bond donors (Lipinski definition) is 3. The van der Waals surface area contributed by atoms with Crippen LogP contribution in [-0.2, 0) is 27.9 Å². The molecular formula is C48H85O9P. The molecule has 0 aliphatic carbocycles. The standard InChI is InChI=1S/C48H85O9P/c1-3-5-7-9-11-13-15-17-19-20-21-22-23-24-25-27-29-31-33-35-37-39-41-54-44-47(45-56-58(52,53)55-43-46(50)42-49)57-48(51)40-38-36-34-32-30-28-26-18-16-14-12-10-8-6-4-2/h6,8,12,14,18,20-21,26,30,32,36,38,46-47,49-50H,3-5,7,9-11,13,15-17,19,22-25,27-29,31,33-35,37,39-45H2,1-2H3,(H,52,53)/b8-6-,14-12-,21-20-,26-18-,32-30-,38-36-. The molecule has 0 aliphatic rings. The van der Waals surface area contributed by atoms with Gasteiger partial charge in [-0.1, -0.05) is 183 Å². The molecule has 0 aromatic rings. The topological polar surface area (TPSA) is 132 Å². The first-order chi connectivity index (χ1) is 28.3. The fourth-order valence-corrected chi connectivity index (χ4v) is 6.74. The molecule has 0 amide bonds. The largest absolute Gasteiger partial charge is 0.472 e. The molecule has 0 rings (SSSR count). The lowest BCUT2D eigenvalue weighted by Crippen LogP contribution is -2.28. The van der Waals surface area contributed by atoms with Crippen LogP contribution in [0.1, 0.15) is 181 Å². The maximum atomic E-state index is 12.6. The molecule has 0 radical (unpaired) electrons. The Morgan fingerprint density at radius 3 is 1.47 bits per heavy atom. The lowest BCUT2D eigenvalue weighted by molar-refractivity contribution is -0.153. The van der Waals surface area contributed by atoms with Gasteiger partial charge in [-0.15, -0.1) is 0 Å². The van der Waals surface area contributed by atoms with Gasteiger partial charge in [0.05, 0.1) is 32.8 Å². The van der Waals surface area contributed by atoms with Crippen molar-refractivity contribution in [2.24, 2.45) is 0 Å². The van der Waals surface area contributed by atoms with Crippen LogP contribution < -0.4 is 0 Å². The van der Waals surface area contributed by atoms with Gasteiger partial charge in [0.15, 0.2) is 0 Å². The number of ether oxygens (including phenoxy) is 2. The normalized spacial score (nSPS) is 14.6. The van der Waals surface area contributed by atoms with Gasteiger partial charge in [-0.2, -0.15) is 0 Å². The van der Waals surface area contributed by atoms with Crippen molar-refractivity contribution in [1.29, 1.82) is 0 Å². The Bertz CT molecular complexity index is 1130. The van der Waals surface area contributed by atoms with Crippen LogP contribution in [0, 0.1) is 0 Å². The van der Waals surface area contributed by atoms with Gasteiger partial charge in [0.1, 0.15) is 12.2 Å². The maximum Gasteiger partial charge on any atom is 0.472 e. The van der Waals surface area contributed by atoms with Crippen molar-refractivity contribution in [2.45, 2.75) is 193 Å². The van der Waals surface area contributed by atoms with Crippen LogP contribution in [0.5, 0.6) is 0 Å². The van der Waals surface area contributed by atoms with E-state index < -0.39 is 45.8 Å². The first kappa shape index (κ1) is 55.9. The fraction of sp³-hybridized carbons (Fsp3) is 0.729. The number of esters is 1. The average Bonchev–Trinajstić information content (AvgIpc) is 3.21. The third kappa shape index (κ3) is 43.5. The quantitative estimate of drug-likeness (QED) is 0.0238. The third-order valence-corrected chi connectivity index (χ3v) is 10.4. The van der Waals surface area contributed by atoms with Crippen molar-refractivity contribution in [2.75, 3.05) is 33.0 Å². The summed E-state index contributed by atoms with van der Waals surface area (Å²) < 4.78 is 33.3. The van der Waals surface area contributed by atoms with E-state index in [4.69, 9.17) is 23.6 Å². The van der Waals surface area contributed by atoms with E-state index in [1.54, 1.807) is 6.08 Å². The second-order valence-electron chi connectivity index (χ2n) is 15.1. The van der Waals surface area contributed by atoms with Gasteiger partial charge >= 0.3 is 13.8 Å². The summed E-state index contributed by atoms with van der Waals surface area (Å²) in [5.41, 5.74) is 0. The molecule has 0 spiro atoms. The van der Waals surface area contributed by atoms with Gasteiger partial charge in [-0.3, -0.25) is 13.8 Å². The summed E-state index contributed by atoms with van der Waals surface area (Å²) in [7, 11) is -4.55. The minimum atomic E-state index is -4.55. The summed E-state index contributed by atoms with van der Waals surface area (Å²) in [6.45, 7) is 3.27. The number of allylic oxidation sites excluding steroid dienone is 11. The summed E-state index contributed by atoms with van der Waals surface area (Å²) >= 11 is 0. The van der Waals surface area contributed by atoms with Gasteiger partial charge in [0.2, 0.25) is 0 Å². The smallest absolute Gasteiger partial charge is 0.457 e. The van der Waals surface area contributed by atoms with E-state index in [0.717, 1.165) is 44.9 Å². The molecule has 58 heavy (non-hydrogen) atoms. The molecule has 0 heterocycles. The first-order valence-corrected chi connectivity index (χ1v) is 24.4. The van der Waals surface area contributed by atoms with E-state index in [-0.39, 0.29) is 13.0 Å².